The first-order valence-corrected chi connectivity index (χ1v) is 5.98. The molecule has 6 nitrogen and oxygen atoms in total. The lowest BCUT2D eigenvalue weighted by atomic mass is 10.2. The van der Waals surface area contributed by atoms with Gasteiger partial charge in [-0.05, 0) is 0 Å². The van der Waals surface area contributed by atoms with Gasteiger partial charge >= 0.3 is 0 Å². The minimum absolute atomic E-state index is 0.0410. The van der Waals surface area contributed by atoms with Gasteiger partial charge < -0.3 is 5.32 Å². The zero-order valence-corrected chi connectivity index (χ0v) is 11.0. The van der Waals surface area contributed by atoms with Crippen molar-refractivity contribution < 1.29 is 4.92 Å². The molecule has 0 aliphatic heterocycles. The lowest BCUT2D eigenvalue weighted by Crippen LogP contribution is -2.04. The number of benzene rings is 1. The van der Waals surface area contributed by atoms with Crippen LogP contribution in [-0.2, 0) is 6.54 Å². The lowest BCUT2D eigenvalue weighted by molar-refractivity contribution is -0.385. The molecular weight excluding hydrogens is 291 g/mol. The van der Waals surface area contributed by atoms with E-state index in [0.717, 1.165) is 0 Å². The van der Waals surface area contributed by atoms with Crippen LogP contribution in [0.15, 0.2) is 30.3 Å². The fourth-order valence-corrected chi connectivity index (χ4v) is 1.81. The number of nitrogens with one attached hydrogen (secondary N) is 1. The topological polar surface area (TPSA) is 81.0 Å². The van der Waals surface area contributed by atoms with E-state index >= 15 is 0 Å². The molecule has 1 aromatic heterocycles. The Bertz CT molecular complexity index is 621. The van der Waals surface area contributed by atoms with E-state index < -0.39 is 4.92 Å². The van der Waals surface area contributed by atoms with E-state index in [0.29, 0.717) is 11.3 Å². The third-order valence-corrected chi connectivity index (χ3v) is 2.84. The molecule has 98 valence electrons. The minimum Gasteiger partial charge on any atom is -0.378 e. The van der Waals surface area contributed by atoms with Crippen molar-refractivity contribution in [1.29, 1.82) is 0 Å². The number of nitrogens with zero attached hydrogens (tertiary/aromatic N) is 3. The van der Waals surface area contributed by atoms with Crippen molar-refractivity contribution in [2.24, 2.45) is 0 Å². The smallest absolute Gasteiger partial charge is 0.274 e. The Morgan fingerprint density at radius 1 is 1.26 bits per heavy atom. The van der Waals surface area contributed by atoms with E-state index in [-0.39, 0.29) is 22.5 Å². The van der Waals surface area contributed by atoms with Gasteiger partial charge in [0.05, 0.1) is 10.6 Å². The predicted molar refractivity (Wildman–Crippen MR) is 72.5 cm³/mol. The molecule has 1 N–H and O–H groups in total. The Labute approximate surface area is 118 Å². The second-order valence-electron chi connectivity index (χ2n) is 3.61. The normalized spacial score (nSPS) is 10.2. The highest BCUT2D eigenvalue weighted by molar-refractivity contribution is 6.33. The number of anilines is 1. The van der Waals surface area contributed by atoms with E-state index in [1.807, 2.05) is 0 Å². The molecule has 1 heterocycles. The summed E-state index contributed by atoms with van der Waals surface area (Å²) in [5, 5.41) is 21.4. The maximum Gasteiger partial charge on any atom is 0.274 e. The summed E-state index contributed by atoms with van der Waals surface area (Å²) in [5.74, 6) is 0. The van der Waals surface area contributed by atoms with Crippen LogP contribution in [0.5, 0.6) is 0 Å². The zero-order valence-electron chi connectivity index (χ0n) is 9.51. The molecule has 0 bridgehead atoms. The van der Waals surface area contributed by atoms with Gasteiger partial charge in [0, 0.05) is 24.2 Å². The van der Waals surface area contributed by atoms with Crippen molar-refractivity contribution in [2.75, 3.05) is 5.32 Å². The monoisotopic (exact) mass is 298 g/mol. The molecule has 2 rings (SSSR count). The average molecular weight is 299 g/mol. The number of para-hydroxylation sites is 1. The fraction of sp³-hybridized carbons (Fsp3) is 0.0909. The largest absolute Gasteiger partial charge is 0.378 e. The Morgan fingerprint density at radius 3 is 2.74 bits per heavy atom. The highest BCUT2D eigenvalue weighted by Gasteiger charge is 2.12. The first kappa shape index (κ1) is 13.5. The molecule has 1 aromatic carbocycles. The Balaban J connectivity index is 2.19. The fourth-order valence-electron chi connectivity index (χ4n) is 1.51. The van der Waals surface area contributed by atoms with Crippen molar-refractivity contribution in [3.05, 3.63) is 56.3 Å². The van der Waals surface area contributed by atoms with Gasteiger partial charge in [0.1, 0.15) is 0 Å². The summed E-state index contributed by atoms with van der Waals surface area (Å²) in [4.78, 5) is 10.4. The number of hydrogen-bond donors (Lipinski definition) is 1. The number of hydrogen-bond acceptors (Lipinski definition) is 5. The highest BCUT2D eigenvalue weighted by Crippen LogP contribution is 2.23. The van der Waals surface area contributed by atoms with Crippen LogP contribution in [0.2, 0.25) is 10.3 Å². The number of rotatable bonds is 4. The van der Waals surface area contributed by atoms with E-state index in [9.17, 15) is 10.1 Å². The van der Waals surface area contributed by atoms with E-state index in [1.165, 1.54) is 12.1 Å². The molecule has 2 aromatic rings. The maximum atomic E-state index is 10.9. The SMILES string of the molecule is O=[N+]([O-])c1ccccc1CNc1cc(Cl)nnc1Cl. The van der Waals surface area contributed by atoms with Crippen LogP contribution >= 0.6 is 23.2 Å². The zero-order chi connectivity index (χ0) is 13.8. The summed E-state index contributed by atoms with van der Waals surface area (Å²) in [5.41, 5.74) is 1.05. The van der Waals surface area contributed by atoms with Gasteiger partial charge in [-0.25, -0.2) is 0 Å². The van der Waals surface area contributed by atoms with Crippen molar-refractivity contribution in [2.45, 2.75) is 6.54 Å². The second-order valence-corrected chi connectivity index (χ2v) is 4.36. The van der Waals surface area contributed by atoms with E-state index in [4.69, 9.17) is 23.2 Å². The third-order valence-electron chi connectivity index (χ3n) is 2.38. The molecule has 0 spiro atoms. The van der Waals surface area contributed by atoms with Crippen LogP contribution in [0.3, 0.4) is 0 Å². The van der Waals surface area contributed by atoms with E-state index in [1.54, 1.807) is 18.2 Å². The van der Waals surface area contributed by atoms with Crippen LogP contribution in [-0.4, -0.2) is 15.1 Å². The maximum absolute atomic E-state index is 10.9. The van der Waals surface area contributed by atoms with Crippen molar-refractivity contribution in [3.63, 3.8) is 0 Å². The summed E-state index contributed by atoms with van der Waals surface area (Å²) in [7, 11) is 0. The van der Waals surface area contributed by atoms with Crippen molar-refractivity contribution in [1.82, 2.24) is 10.2 Å². The summed E-state index contributed by atoms with van der Waals surface area (Å²) >= 11 is 11.5. The average Bonchev–Trinajstić information content (AvgIpc) is 2.40. The van der Waals surface area contributed by atoms with Gasteiger partial charge in [-0.3, -0.25) is 10.1 Å². The van der Waals surface area contributed by atoms with Gasteiger partial charge in [0.2, 0.25) is 0 Å². The summed E-state index contributed by atoms with van der Waals surface area (Å²) in [6.07, 6.45) is 0. The van der Waals surface area contributed by atoms with Crippen molar-refractivity contribution in [3.8, 4) is 0 Å². The van der Waals surface area contributed by atoms with Gasteiger partial charge in [-0.2, -0.15) is 0 Å². The molecule has 0 aliphatic carbocycles. The second kappa shape index (κ2) is 5.81. The number of nitro benzene ring substituents is 1. The molecular formula is C11H8Cl2N4O2. The molecule has 0 unspecified atom stereocenters. The van der Waals surface area contributed by atoms with Gasteiger partial charge in [0.25, 0.3) is 5.69 Å². The van der Waals surface area contributed by atoms with Crippen LogP contribution in [0, 0.1) is 10.1 Å². The van der Waals surface area contributed by atoms with Crippen LogP contribution in [0.4, 0.5) is 11.4 Å². The molecule has 0 radical (unpaired) electrons. The summed E-state index contributed by atoms with van der Waals surface area (Å²) in [6, 6.07) is 7.94. The Morgan fingerprint density at radius 2 is 2.00 bits per heavy atom. The van der Waals surface area contributed by atoms with E-state index in [2.05, 4.69) is 15.5 Å². The molecule has 0 amide bonds. The van der Waals surface area contributed by atoms with Gasteiger partial charge in [-0.15, -0.1) is 10.2 Å². The van der Waals surface area contributed by atoms with Gasteiger partial charge in [0.15, 0.2) is 10.3 Å². The predicted octanol–water partition coefficient (Wildman–Crippen LogP) is 3.30. The summed E-state index contributed by atoms with van der Waals surface area (Å²) < 4.78 is 0. The first-order valence-electron chi connectivity index (χ1n) is 5.23. The van der Waals surface area contributed by atoms with Crippen LogP contribution < -0.4 is 5.32 Å². The summed E-state index contributed by atoms with van der Waals surface area (Å²) in [6.45, 7) is 0.235. The highest BCUT2D eigenvalue weighted by atomic mass is 35.5. The van der Waals surface area contributed by atoms with Gasteiger partial charge in [-0.1, -0.05) is 41.4 Å². The molecule has 0 fully saturated rings. The lowest BCUT2D eigenvalue weighted by Gasteiger charge is -2.07. The first-order chi connectivity index (χ1) is 9.08. The van der Waals surface area contributed by atoms with Crippen LogP contribution in [0.1, 0.15) is 5.56 Å². The van der Waals surface area contributed by atoms with Crippen molar-refractivity contribution >= 4 is 34.6 Å². The minimum atomic E-state index is -0.434. The third kappa shape index (κ3) is 3.30. The number of aromatic nitrogens is 2. The Hall–Kier alpha value is -1.92. The quantitative estimate of drug-likeness (QED) is 0.692. The Kier molecular flexibility index (Phi) is 4.13. The standard InChI is InChI=1S/C11H8Cl2N4O2/c12-10-5-8(11(13)16-15-10)14-6-7-3-1-2-4-9(7)17(18)19/h1-5H,6H2,(H,14,15). The molecule has 19 heavy (non-hydrogen) atoms. The molecule has 8 heteroatoms. The van der Waals surface area contributed by atoms with Crippen LogP contribution in [0.25, 0.3) is 0 Å². The molecule has 0 saturated heterocycles. The molecule has 0 aliphatic rings. The molecule has 0 saturated carbocycles. The number of nitro groups is 1. The number of halogens is 2. The molecule has 0 atom stereocenters.